The van der Waals surface area contributed by atoms with Gasteiger partial charge in [0.25, 0.3) is 5.56 Å². The summed E-state index contributed by atoms with van der Waals surface area (Å²) in [7, 11) is 0. The molecular formula is C9H12BrClN2O. The highest BCUT2D eigenvalue weighted by atomic mass is 79.9. The lowest BCUT2D eigenvalue weighted by molar-refractivity contribution is 0.507. The minimum atomic E-state index is -0.0468. The van der Waals surface area contributed by atoms with Crippen molar-refractivity contribution in [3.8, 4) is 0 Å². The van der Waals surface area contributed by atoms with Crippen LogP contribution in [-0.4, -0.2) is 15.4 Å². The molecule has 0 aliphatic rings. The van der Waals surface area contributed by atoms with E-state index in [1.54, 1.807) is 17.8 Å². The molecule has 3 nitrogen and oxygen atoms in total. The Kier molecular flexibility index (Phi) is 4.13. The van der Waals surface area contributed by atoms with Gasteiger partial charge >= 0.3 is 0 Å². The van der Waals surface area contributed by atoms with Gasteiger partial charge in [0.2, 0.25) is 0 Å². The number of aryl methyl sites for hydroxylation is 1. The van der Waals surface area contributed by atoms with Crippen LogP contribution in [-0.2, 0) is 6.54 Å². The van der Waals surface area contributed by atoms with E-state index < -0.39 is 0 Å². The van der Waals surface area contributed by atoms with Crippen LogP contribution < -0.4 is 5.56 Å². The topological polar surface area (TPSA) is 34.9 Å². The Morgan fingerprint density at radius 3 is 2.93 bits per heavy atom. The molecule has 0 fully saturated rings. The summed E-state index contributed by atoms with van der Waals surface area (Å²) in [6.45, 7) is 4.39. The molecule has 1 aromatic rings. The molecule has 0 aliphatic carbocycles. The largest absolute Gasteiger partial charge is 0.298 e. The SMILES string of the molecule is Cc1ncn(CC(C)CCl)c(=O)c1Br. The van der Waals surface area contributed by atoms with Crippen molar-refractivity contribution in [1.82, 2.24) is 9.55 Å². The fourth-order valence-electron chi connectivity index (χ4n) is 1.06. The van der Waals surface area contributed by atoms with Gasteiger partial charge in [-0.05, 0) is 28.8 Å². The molecule has 1 unspecified atom stereocenters. The maximum absolute atomic E-state index is 11.7. The minimum Gasteiger partial charge on any atom is -0.298 e. The normalized spacial score (nSPS) is 12.9. The van der Waals surface area contributed by atoms with Crippen LogP contribution in [0.5, 0.6) is 0 Å². The zero-order valence-corrected chi connectivity index (χ0v) is 10.5. The molecule has 1 aromatic heterocycles. The summed E-state index contributed by atoms with van der Waals surface area (Å²) in [6.07, 6.45) is 1.56. The summed E-state index contributed by atoms with van der Waals surface area (Å²) >= 11 is 8.89. The van der Waals surface area contributed by atoms with Gasteiger partial charge in [0.05, 0.1) is 12.0 Å². The molecular weight excluding hydrogens is 267 g/mol. The van der Waals surface area contributed by atoms with E-state index in [1.165, 1.54) is 0 Å². The average Bonchev–Trinajstić information content (AvgIpc) is 2.19. The van der Waals surface area contributed by atoms with Gasteiger partial charge in [-0.1, -0.05) is 6.92 Å². The predicted octanol–water partition coefficient (Wildman–Crippen LogP) is 2.19. The van der Waals surface area contributed by atoms with Crippen LogP contribution in [0.2, 0.25) is 0 Å². The highest BCUT2D eigenvalue weighted by Gasteiger charge is 2.07. The van der Waals surface area contributed by atoms with E-state index in [4.69, 9.17) is 11.6 Å². The van der Waals surface area contributed by atoms with Crippen LogP contribution in [0.15, 0.2) is 15.6 Å². The first-order chi connectivity index (χ1) is 6.56. The van der Waals surface area contributed by atoms with Crippen LogP contribution in [0.1, 0.15) is 12.6 Å². The summed E-state index contributed by atoms with van der Waals surface area (Å²) in [5.74, 6) is 0.809. The van der Waals surface area contributed by atoms with Crippen LogP contribution in [0, 0.1) is 12.8 Å². The quantitative estimate of drug-likeness (QED) is 0.795. The molecule has 1 atom stereocenters. The second kappa shape index (κ2) is 4.94. The fraction of sp³-hybridized carbons (Fsp3) is 0.556. The number of hydrogen-bond acceptors (Lipinski definition) is 2. The standard InChI is InChI=1S/C9H12BrClN2O/c1-6(3-11)4-13-5-12-7(2)8(10)9(13)14/h5-6H,3-4H2,1-2H3. The molecule has 0 spiro atoms. The Hall–Kier alpha value is -0.350. The first-order valence-electron chi connectivity index (χ1n) is 4.33. The summed E-state index contributed by atoms with van der Waals surface area (Å²) < 4.78 is 2.10. The van der Waals surface area contributed by atoms with Crippen molar-refractivity contribution in [2.24, 2.45) is 5.92 Å². The molecule has 0 amide bonds. The third-order valence-corrected chi connectivity index (χ3v) is 3.37. The van der Waals surface area contributed by atoms with Gasteiger partial charge in [0.1, 0.15) is 4.47 Å². The Balaban J connectivity index is 3.00. The van der Waals surface area contributed by atoms with Gasteiger partial charge in [-0.2, -0.15) is 0 Å². The van der Waals surface area contributed by atoms with E-state index in [1.807, 2.05) is 6.92 Å². The molecule has 0 aromatic carbocycles. The van der Waals surface area contributed by atoms with Crippen LogP contribution in [0.3, 0.4) is 0 Å². The molecule has 5 heteroatoms. The second-order valence-electron chi connectivity index (χ2n) is 3.36. The van der Waals surface area contributed by atoms with Crippen molar-refractivity contribution in [3.63, 3.8) is 0 Å². The van der Waals surface area contributed by atoms with E-state index >= 15 is 0 Å². The van der Waals surface area contributed by atoms with Gasteiger partial charge in [0.15, 0.2) is 0 Å². The van der Waals surface area contributed by atoms with Crippen molar-refractivity contribution in [3.05, 3.63) is 26.8 Å². The highest BCUT2D eigenvalue weighted by Crippen LogP contribution is 2.07. The Bertz CT molecular complexity index is 378. The minimum absolute atomic E-state index is 0.0468. The molecule has 0 radical (unpaired) electrons. The van der Waals surface area contributed by atoms with Gasteiger partial charge in [-0.25, -0.2) is 4.98 Å². The van der Waals surface area contributed by atoms with Crippen molar-refractivity contribution in [2.45, 2.75) is 20.4 Å². The summed E-state index contributed by atoms with van der Waals surface area (Å²) in [5.41, 5.74) is 0.666. The molecule has 0 aliphatic heterocycles. The Morgan fingerprint density at radius 1 is 1.71 bits per heavy atom. The van der Waals surface area contributed by atoms with E-state index in [0.29, 0.717) is 22.6 Å². The lowest BCUT2D eigenvalue weighted by Crippen LogP contribution is -2.25. The number of halogens is 2. The average molecular weight is 280 g/mol. The Morgan fingerprint density at radius 2 is 2.36 bits per heavy atom. The Labute approximate surface area is 96.2 Å². The zero-order chi connectivity index (χ0) is 10.7. The summed E-state index contributed by atoms with van der Waals surface area (Å²) in [6, 6.07) is 0. The van der Waals surface area contributed by atoms with Crippen LogP contribution in [0.4, 0.5) is 0 Å². The van der Waals surface area contributed by atoms with Crippen molar-refractivity contribution < 1.29 is 0 Å². The molecule has 0 bridgehead atoms. The number of alkyl halides is 1. The van der Waals surface area contributed by atoms with Gasteiger partial charge in [-0.3, -0.25) is 9.36 Å². The van der Waals surface area contributed by atoms with Crippen LogP contribution >= 0.6 is 27.5 Å². The molecule has 0 saturated carbocycles. The van der Waals surface area contributed by atoms with E-state index in [9.17, 15) is 4.79 Å². The number of nitrogens with zero attached hydrogens (tertiary/aromatic N) is 2. The number of rotatable bonds is 3. The summed E-state index contributed by atoms with van der Waals surface area (Å²) in [4.78, 5) is 15.8. The lowest BCUT2D eigenvalue weighted by Gasteiger charge is -2.10. The van der Waals surface area contributed by atoms with Gasteiger partial charge < -0.3 is 0 Å². The van der Waals surface area contributed by atoms with Crippen molar-refractivity contribution in [2.75, 3.05) is 5.88 Å². The fourth-order valence-corrected chi connectivity index (χ4v) is 1.49. The molecule has 1 heterocycles. The van der Waals surface area contributed by atoms with E-state index in [-0.39, 0.29) is 11.5 Å². The molecule has 0 N–H and O–H groups in total. The summed E-state index contributed by atoms with van der Waals surface area (Å²) in [5, 5.41) is 0. The highest BCUT2D eigenvalue weighted by molar-refractivity contribution is 9.10. The monoisotopic (exact) mass is 278 g/mol. The van der Waals surface area contributed by atoms with E-state index in [0.717, 1.165) is 0 Å². The van der Waals surface area contributed by atoms with Gasteiger partial charge in [0, 0.05) is 12.4 Å². The molecule has 78 valence electrons. The smallest absolute Gasteiger partial charge is 0.267 e. The number of hydrogen-bond donors (Lipinski definition) is 0. The molecule has 1 rings (SSSR count). The predicted molar refractivity (Wildman–Crippen MR) is 60.8 cm³/mol. The second-order valence-corrected chi connectivity index (χ2v) is 4.46. The van der Waals surface area contributed by atoms with E-state index in [2.05, 4.69) is 20.9 Å². The lowest BCUT2D eigenvalue weighted by atomic mass is 10.2. The first-order valence-corrected chi connectivity index (χ1v) is 5.66. The first kappa shape index (κ1) is 11.7. The maximum atomic E-state index is 11.7. The maximum Gasteiger partial charge on any atom is 0.267 e. The van der Waals surface area contributed by atoms with Crippen molar-refractivity contribution in [1.29, 1.82) is 0 Å². The molecule has 14 heavy (non-hydrogen) atoms. The van der Waals surface area contributed by atoms with Crippen LogP contribution in [0.25, 0.3) is 0 Å². The molecule has 0 saturated heterocycles. The van der Waals surface area contributed by atoms with Gasteiger partial charge in [-0.15, -0.1) is 11.6 Å². The third-order valence-electron chi connectivity index (χ3n) is 1.93. The third kappa shape index (κ3) is 2.58. The van der Waals surface area contributed by atoms with Crippen molar-refractivity contribution >= 4 is 27.5 Å². The number of aromatic nitrogens is 2. The zero-order valence-electron chi connectivity index (χ0n) is 8.13.